The zero-order valence-corrected chi connectivity index (χ0v) is 33.8. The van der Waals surface area contributed by atoms with Gasteiger partial charge in [0.25, 0.3) is 11.1 Å². The van der Waals surface area contributed by atoms with Crippen molar-refractivity contribution in [3.63, 3.8) is 0 Å². The molecule has 3 aromatic carbocycles. The molecule has 2 aliphatic rings. The van der Waals surface area contributed by atoms with Crippen molar-refractivity contribution in [2.24, 2.45) is 0 Å². The fourth-order valence-corrected chi connectivity index (χ4v) is 9.36. The standard InChI is InChI=1S/C42H47N4O11P/c1-6-32-35(21-37(55-32)46-23-26(3)39(48)44-41(46)50)58(51)54-24-34-33(20-36(56-34)45-22-25(2)38(47)43-40(45)49)57-42(27-10-8-7-9-11-27,28-12-16-30(52-4)17-13-28)29-14-18-31(53-5)19-15-29/h7-19,22-23,32-37,58H,6,20-21,24H2,1-5H3,(H,43,47,49)(H,44,48,50)/t32-,33?,34-,35?,36-,37-/m1/s1. The van der Waals surface area contributed by atoms with Crippen LogP contribution >= 0.6 is 8.03 Å². The van der Waals surface area contributed by atoms with Crippen LogP contribution in [0.4, 0.5) is 0 Å². The Morgan fingerprint density at radius 2 is 1.19 bits per heavy atom. The Morgan fingerprint density at radius 3 is 1.69 bits per heavy atom. The predicted molar refractivity (Wildman–Crippen MR) is 215 cm³/mol. The van der Waals surface area contributed by atoms with Gasteiger partial charge in [-0.3, -0.25) is 33.3 Å². The van der Waals surface area contributed by atoms with Crippen LogP contribution in [0.2, 0.25) is 0 Å². The number of H-pyrrole nitrogens is 2. The van der Waals surface area contributed by atoms with Gasteiger partial charge in [0.1, 0.15) is 35.7 Å². The van der Waals surface area contributed by atoms with Gasteiger partial charge in [-0.15, -0.1) is 0 Å². The average Bonchev–Trinajstić information content (AvgIpc) is 3.86. The van der Waals surface area contributed by atoms with Crippen LogP contribution in [0.5, 0.6) is 11.5 Å². The summed E-state index contributed by atoms with van der Waals surface area (Å²) in [5, 5.41) is 0. The van der Waals surface area contributed by atoms with Crippen molar-refractivity contribution < 1.29 is 32.8 Å². The Labute approximate surface area is 334 Å². The largest absolute Gasteiger partial charge is 0.497 e. The van der Waals surface area contributed by atoms with Crippen molar-refractivity contribution >= 4 is 8.03 Å². The molecule has 7 atom stereocenters. The number of hydrogen-bond donors (Lipinski definition) is 2. The van der Waals surface area contributed by atoms with E-state index in [9.17, 15) is 23.7 Å². The first-order chi connectivity index (χ1) is 27.9. The highest BCUT2D eigenvalue weighted by atomic mass is 31.1. The summed E-state index contributed by atoms with van der Waals surface area (Å²) in [5.41, 5.74) is -1.08. The number of aryl methyl sites for hydroxylation is 2. The number of methoxy groups -OCH3 is 2. The summed E-state index contributed by atoms with van der Waals surface area (Å²) in [7, 11) is 0.325. The Bertz CT molecular complexity index is 2430. The predicted octanol–water partition coefficient (Wildman–Crippen LogP) is 4.94. The lowest BCUT2D eigenvalue weighted by molar-refractivity contribution is -0.0960. The molecule has 2 fully saturated rings. The Hall–Kier alpha value is -5.31. The lowest BCUT2D eigenvalue weighted by Crippen LogP contribution is -2.41. The summed E-state index contributed by atoms with van der Waals surface area (Å²) in [5.74, 6) is 1.30. The fraction of sp³-hybridized carbons (Fsp3) is 0.381. The number of hydrogen-bond acceptors (Lipinski definition) is 11. The normalized spacial score (nSPS) is 22.5. The van der Waals surface area contributed by atoms with Crippen molar-refractivity contribution in [2.75, 3.05) is 20.8 Å². The topological polar surface area (TPSA) is 182 Å². The molecule has 2 saturated heterocycles. The molecular weight excluding hydrogens is 767 g/mol. The van der Waals surface area contributed by atoms with Crippen LogP contribution in [-0.4, -0.2) is 63.9 Å². The maximum Gasteiger partial charge on any atom is 0.330 e. The Kier molecular flexibility index (Phi) is 12.2. The summed E-state index contributed by atoms with van der Waals surface area (Å²) in [6.07, 6.45) is 0.00280. The van der Waals surface area contributed by atoms with Gasteiger partial charge >= 0.3 is 11.4 Å². The van der Waals surface area contributed by atoms with Gasteiger partial charge in [-0.1, -0.05) is 61.5 Å². The molecule has 0 radical (unpaired) electrons. The van der Waals surface area contributed by atoms with Crippen molar-refractivity contribution in [3.8, 4) is 11.5 Å². The molecule has 0 spiro atoms. The summed E-state index contributed by atoms with van der Waals surface area (Å²) >= 11 is 0. The average molecular weight is 815 g/mol. The molecule has 15 nitrogen and oxygen atoms in total. The van der Waals surface area contributed by atoms with Gasteiger partial charge in [0.05, 0.1) is 38.7 Å². The van der Waals surface area contributed by atoms with Gasteiger partial charge < -0.3 is 28.2 Å². The van der Waals surface area contributed by atoms with Crippen LogP contribution in [0.25, 0.3) is 0 Å². The second-order valence-corrected chi connectivity index (χ2v) is 16.2. The molecule has 4 heterocycles. The summed E-state index contributed by atoms with van der Waals surface area (Å²) in [4.78, 5) is 55.0. The zero-order valence-electron chi connectivity index (χ0n) is 32.8. The molecule has 0 aliphatic carbocycles. The summed E-state index contributed by atoms with van der Waals surface area (Å²) < 4.78 is 54.2. The molecule has 7 rings (SSSR count). The lowest BCUT2D eigenvalue weighted by Gasteiger charge is -2.39. The van der Waals surface area contributed by atoms with Crippen molar-refractivity contribution in [1.29, 1.82) is 0 Å². The minimum atomic E-state index is -2.86. The first kappa shape index (κ1) is 40.9. The zero-order chi connectivity index (χ0) is 41.1. The Balaban J connectivity index is 1.26. The maximum atomic E-state index is 14.1. The second kappa shape index (κ2) is 17.3. The van der Waals surface area contributed by atoms with Gasteiger partial charge in [-0.2, -0.15) is 0 Å². The van der Waals surface area contributed by atoms with Crippen LogP contribution in [0.1, 0.15) is 66.5 Å². The third kappa shape index (κ3) is 8.05. The molecule has 5 aromatic rings. The van der Waals surface area contributed by atoms with E-state index in [1.165, 1.54) is 21.5 Å². The van der Waals surface area contributed by atoms with Crippen molar-refractivity contribution in [3.05, 3.63) is 161 Å². The van der Waals surface area contributed by atoms with E-state index >= 15 is 0 Å². The number of aromatic amines is 2. The second-order valence-electron chi connectivity index (χ2n) is 14.5. The molecular formula is C42H47N4O11P. The number of nitrogens with one attached hydrogen (secondary N) is 2. The first-order valence-corrected chi connectivity index (χ1v) is 20.5. The van der Waals surface area contributed by atoms with Gasteiger partial charge in [0.2, 0.25) is 0 Å². The van der Waals surface area contributed by atoms with E-state index in [0.29, 0.717) is 29.0 Å². The maximum absolute atomic E-state index is 14.1. The highest BCUT2D eigenvalue weighted by Gasteiger charge is 2.47. The van der Waals surface area contributed by atoms with E-state index < -0.39 is 72.6 Å². The third-order valence-electron chi connectivity index (χ3n) is 10.9. The van der Waals surface area contributed by atoms with E-state index in [1.807, 2.05) is 85.8 Å². The minimum absolute atomic E-state index is 0.155. The van der Waals surface area contributed by atoms with Crippen LogP contribution in [0.15, 0.2) is 110 Å². The molecule has 0 bridgehead atoms. The van der Waals surface area contributed by atoms with Crippen molar-refractivity contribution in [2.45, 2.75) is 82.1 Å². The van der Waals surface area contributed by atoms with Crippen LogP contribution in [-0.2, 0) is 28.9 Å². The van der Waals surface area contributed by atoms with E-state index in [4.69, 9.17) is 28.2 Å². The van der Waals surface area contributed by atoms with Gasteiger partial charge in [0.15, 0.2) is 8.03 Å². The number of aromatic nitrogens is 4. The lowest BCUT2D eigenvalue weighted by atomic mass is 9.79. The SMILES string of the molecule is CC[C@H]1O[C@@H](n2cc(C)c(=O)[nH]c2=O)CC1[PH](=O)OC[C@H]1O[C@@H](n2cc(C)c(=O)[nH]c2=O)CC1OC(c1ccccc1)(c1ccc(OC)cc1)c1ccc(OC)cc1. The molecule has 2 N–H and O–H groups in total. The molecule has 0 saturated carbocycles. The van der Waals surface area contributed by atoms with Crippen LogP contribution in [0, 0.1) is 13.8 Å². The van der Waals surface area contributed by atoms with Gasteiger partial charge in [-0.05, 0) is 61.2 Å². The first-order valence-electron chi connectivity index (χ1n) is 19.1. The van der Waals surface area contributed by atoms with Crippen molar-refractivity contribution in [1.82, 2.24) is 19.1 Å². The minimum Gasteiger partial charge on any atom is -0.497 e. The molecule has 2 aromatic heterocycles. The van der Waals surface area contributed by atoms with E-state index in [-0.39, 0.29) is 19.4 Å². The fourth-order valence-electron chi connectivity index (χ4n) is 7.80. The van der Waals surface area contributed by atoms with Gasteiger partial charge in [-0.25, -0.2) is 9.59 Å². The van der Waals surface area contributed by atoms with Gasteiger partial charge in [0, 0.05) is 36.4 Å². The molecule has 58 heavy (non-hydrogen) atoms. The molecule has 2 aliphatic heterocycles. The van der Waals surface area contributed by atoms with Crippen LogP contribution < -0.4 is 32.0 Å². The Morgan fingerprint density at radius 1 is 0.707 bits per heavy atom. The third-order valence-corrected chi connectivity index (χ3v) is 12.6. The molecule has 16 heteroatoms. The molecule has 0 amide bonds. The number of nitrogens with zero attached hydrogens (tertiary/aromatic N) is 2. The number of rotatable bonds is 14. The molecule has 3 unspecified atom stereocenters. The monoisotopic (exact) mass is 814 g/mol. The highest BCUT2D eigenvalue weighted by molar-refractivity contribution is 7.40. The van der Waals surface area contributed by atoms with E-state index in [0.717, 1.165) is 16.7 Å². The van der Waals surface area contributed by atoms with E-state index in [2.05, 4.69) is 9.97 Å². The summed E-state index contributed by atoms with van der Waals surface area (Å²) in [6, 6.07) is 24.8. The molecule has 306 valence electrons. The van der Waals surface area contributed by atoms with Crippen LogP contribution in [0.3, 0.4) is 0 Å². The number of benzene rings is 3. The smallest absolute Gasteiger partial charge is 0.330 e. The number of ether oxygens (including phenoxy) is 5. The quantitative estimate of drug-likeness (QED) is 0.114. The highest BCUT2D eigenvalue weighted by Crippen LogP contribution is 2.48. The van der Waals surface area contributed by atoms with E-state index in [1.54, 1.807) is 28.1 Å². The summed E-state index contributed by atoms with van der Waals surface area (Å²) in [6.45, 7) is 4.91.